The number of phenolic OH excluding ortho intramolecular Hbond substituents is 2. The number of para-hydroxylation sites is 2. The molecule has 200 valence electrons. The zero-order chi connectivity index (χ0) is 27.9. The number of aromatic hydroxyl groups is 2. The number of aliphatic imine (C=N–C) groups is 2. The Bertz CT molecular complexity index is 1690. The molecule has 0 aliphatic heterocycles. The van der Waals surface area contributed by atoms with Crippen molar-refractivity contribution in [3.8, 4) is 23.0 Å². The topological polar surface area (TPSA) is 109 Å². The lowest BCUT2D eigenvalue weighted by molar-refractivity contribution is 0.415. The summed E-state index contributed by atoms with van der Waals surface area (Å²) >= 11 is 2.96. The number of fused-ring (bicyclic) bond motifs is 2. The largest absolute Gasteiger partial charge is 0.507 e. The third kappa shape index (κ3) is 6.42. The molecule has 2 aromatic heterocycles. The normalized spacial score (nSPS) is 11.2. The van der Waals surface area contributed by atoms with Crippen LogP contribution in [0.2, 0.25) is 0 Å². The number of phenols is 2. The molecule has 0 aliphatic rings. The van der Waals surface area contributed by atoms with Crippen LogP contribution in [0.1, 0.15) is 11.1 Å². The van der Waals surface area contributed by atoms with E-state index in [1.807, 2.05) is 48.5 Å². The highest BCUT2D eigenvalue weighted by Gasteiger charge is 2.05. The summed E-state index contributed by atoms with van der Waals surface area (Å²) in [5.41, 5.74) is 3.12. The van der Waals surface area contributed by atoms with Gasteiger partial charge in [0.15, 0.2) is 0 Å². The molecule has 40 heavy (non-hydrogen) atoms. The van der Waals surface area contributed by atoms with E-state index >= 15 is 0 Å². The minimum atomic E-state index is 0.207. The number of hydrogen-bond acceptors (Lipinski definition) is 10. The highest BCUT2D eigenvalue weighted by molar-refractivity contribution is 7.22. The van der Waals surface area contributed by atoms with E-state index in [4.69, 9.17) is 9.47 Å². The van der Waals surface area contributed by atoms with Crippen LogP contribution in [0.3, 0.4) is 0 Å². The van der Waals surface area contributed by atoms with Gasteiger partial charge in [-0.3, -0.25) is 0 Å². The second kappa shape index (κ2) is 12.4. The molecule has 0 spiro atoms. The van der Waals surface area contributed by atoms with Gasteiger partial charge < -0.3 is 19.7 Å². The average Bonchev–Trinajstić information content (AvgIpc) is 3.59. The molecule has 0 aliphatic carbocycles. The summed E-state index contributed by atoms with van der Waals surface area (Å²) in [6, 6.07) is 25.5. The summed E-state index contributed by atoms with van der Waals surface area (Å²) in [6.45, 7) is 0. The summed E-state index contributed by atoms with van der Waals surface area (Å²) in [5, 5.41) is 20.6. The first-order valence-corrected chi connectivity index (χ1v) is 13.7. The number of hydrogen-bond donors (Lipinski definition) is 2. The molecule has 0 atom stereocenters. The van der Waals surface area contributed by atoms with Crippen molar-refractivity contribution in [1.82, 2.24) is 9.97 Å². The van der Waals surface area contributed by atoms with Gasteiger partial charge in [0, 0.05) is 23.6 Å². The van der Waals surface area contributed by atoms with Gasteiger partial charge in [-0.25, -0.2) is 20.0 Å². The monoisotopic (exact) mass is 568 g/mol. The number of thiazole rings is 2. The highest BCUT2D eigenvalue weighted by Crippen LogP contribution is 2.32. The van der Waals surface area contributed by atoms with Crippen LogP contribution < -0.4 is 9.47 Å². The Morgan fingerprint density at radius 3 is 1.45 bits per heavy atom. The quantitative estimate of drug-likeness (QED) is 0.201. The van der Waals surface area contributed by atoms with Crippen molar-refractivity contribution < 1.29 is 19.7 Å². The van der Waals surface area contributed by atoms with Crippen molar-refractivity contribution in [2.24, 2.45) is 9.98 Å². The third-order valence-corrected chi connectivity index (χ3v) is 7.52. The maximum absolute atomic E-state index is 9.67. The number of ether oxygens (including phenoxy) is 2. The van der Waals surface area contributed by atoms with Crippen molar-refractivity contribution in [3.05, 3.63) is 96.1 Å². The predicted octanol–water partition coefficient (Wildman–Crippen LogP) is 7.52. The Labute approximate surface area is 238 Å². The lowest BCUT2D eigenvalue weighted by Gasteiger charge is -1.96. The summed E-state index contributed by atoms with van der Waals surface area (Å²) in [7, 11) is 3.28. The Kier molecular flexibility index (Phi) is 8.29. The number of methoxy groups -OCH3 is 2. The van der Waals surface area contributed by atoms with Crippen molar-refractivity contribution in [2.75, 3.05) is 14.2 Å². The van der Waals surface area contributed by atoms with Crippen LogP contribution in [0.4, 0.5) is 10.3 Å². The van der Waals surface area contributed by atoms with Crippen molar-refractivity contribution in [1.29, 1.82) is 0 Å². The second-order valence-electron chi connectivity index (χ2n) is 8.29. The van der Waals surface area contributed by atoms with Gasteiger partial charge in [0.05, 0.1) is 34.7 Å². The minimum Gasteiger partial charge on any atom is -0.507 e. The third-order valence-electron chi connectivity index (χ3n) is 5.67. The molecular formula is C30H24N4O4S2. The fourth-order valence-electron chi connectivity index (χ4n) is 3.59. The number of nitrogens with zero attached hydrogens (tertiary/aromatic N) is 4. The van der Waals surface area contributed by atoms with Gasteiger partial charge in [0.25, 0.3) is 0 Å². The number of aromatic nitrogens is 2. The van der Waals surface area contributed by atoms with E-state index in [-0.39, 0.29) is 11.5 Å². The average molecular weight is 569 g/mol. The molecule has 0 amide bonds. The molecule has 10 heteroatoms. The van der Waals surface area contributed by atoms with Gasteiger partial charge in [-0.15, -0.1) is 0 Å². The maximum Gasteiger partial charge on any atom is 0.210 e. The lowest BCUT2D eigenvalue weighted by atomic mass is 10.2. The lowest BCUT2D eigenvalue weighted by Crippen LogP contribution is -1.80. The first-order valence-electron chi connectivity index (χ1n) is 12.1. The fourth-order valence-corrected chi connectivity index (χ4v) is 5.27. The first-order chi connectivity index (χ1) is 19.5. The van der Waals surface area contributed by atoms with Crippen LogP contribution in [0.25, 0.3) is 20.4 Å². The molecule has 0 saturated heterocycles. The summed E-state index contributed by atoms with van der Waals surface area (Å²) < 4.78 is 12.4. The standard InChI is InChI=1S/2C15H12N2O2S/c2*1-19-11-6-7-12-14(8-11)20-15(17-12)16-9-10-4-2-3-5-13(10)18/h2*2-9,18H,1H3/b2*16-9+. The van der Waals surface area contributed by atoms with Crippen LogP contribution in [0, 0.1) is 0 Å². The van der Waals surface area contributed by atoms with Crippen molar-refractivity contribution in [2.45, 2.75) is 0 Å². The highest BCUT2D eigenvalue weighted by atomic mass is 32.1. The Morgan fingerprint density at radius 2 is 1.05 bits per heavy atom. The molecule has 0 saturated carbocycles. The van der Waals surface area contributed by atoms with Crippen LogP contribution in [-0.2, 0) is 0 Å². The maximum atomic E-state index is 9.67. The van der Waals surface area contributed by atoms with Crippen LogP contribution in [0.15, 0.2) is 94.9 Å². The molecular weight excluding hydrogens is 544 g/mol. The Hall–Kier alpha value is -4.80. The number of rotatable bonds is 6. The van der Waals surface area contributed by atoms with Crippen molar-refractivity contribution >= 4 is 65.8 Å². The number of benzene rings is 4. The van der Waals surface area contributed by atoms with Crippen LogP contribution in [0.5, 0.6) is 23.0 Å². The van der Waals surface area contributed by atoms with E-state index in [0.717, 1.165) is 31.9 Å². The first kappa shape index (κ1) is 26.8. The van der Waals surface area contributed by atoms with E-state index in [0.29, 0.717) is 21.4 Å². The van der Waals surface area contributed by atoms with Gasteiger partial charge in [-0.1, -0.05) is 46.9 Å². The Balaban J connectivity index is 0.000000161. The van der Waals surface area contributed by atoms with Gasteiger partial charge >= 0.3 is 0 Å². The Morgan fingerprint density at radius 1 is 0.625 bits per heavy atom. The fraction of sp³-hybridized carbons (Fsp3) is 0.0667. The molecule has 0 fully saturated rings. The van der Waals surface area contributed by atoms with Gasteiger partial charge in [0.1, 0.15) is 23.0 Å². The zero-order valence-electron chi connectivity index (χ0n) is 21.6. The van der Waals surface area contributed by atoms with E-state index in [9.17, 15) is 10.2 Å². The predicted molar refractivity (Wildman–Crippen MR) is 163 cm³/mol. The smallest absolute Gasteiger partial charge is 0.210 e. The van der Waals surface area contributed by atoms with Crippen LogP contribution in [-0.4, -0.2) is 46.8 Å². The molecule has 4 aromatic carbocycles. The van der Waals surface area contributed by atoms with E-state index in [1.54, 1.807) is 63.0 Å². The van der Waals surface area contributed by atoms with E-state index < -0.39 is 0 Å². The summed E-state index contributed by atoms with van der Waals surface area (Å²) in [5.74, 6) is 2.02. The van der Waals surface area contributed by atoms with E-state index in [2.05, 4.69) is 20.0 Å². The molecule has 0 bridgehead atoms. The van der Waals surface area contributed by atoms with Gasteiger partial charge in [-0.05, 0) is 60.7 Å². The molecule has 0 radical (unpaired) electrons. The van der Waals surface area contributed by atoms with Gasteiger partial charge in [0.2, 0.25) is 10.3 Å². The minimum absolute atomic E-state index is 0.207. The van der Waals surface area contributed by atoms with Gasteiger partial charge in [-0.2, -0.15) is 0 Å². The summed E-state index contributed by atoms with van der Waals surface area (Å²) in [4.78, 5) is 17.5. The molecule has 6 aromatic rings. The van der Waals surface area contributed by atoms with Crippen molar-refractivity contribution in [3.63, 3.8) is 0 Å². The zero-order valence-corrected chi connectivity index (χ0v) is 23.2. The molecule has 6 rings (SSSR count). The molecule has 8 nitrogen and oxygen atoms in total. The SMILES string of the molecule is COc1ccc2nc(/N=C/c3ccccc3O)sc2c1.COc1ccc2nc(/N=C/c3ccccc3O)sc2c1. The van der Waals surface area contributed by atoms with E-state index in [1.165, 1.54) is 22.7 Å². The molecule has 0 unspecified atom stereocenters. The second-order valence-corrected chi connectivity index (χ2v) is 10.3. The molecule has 2 heterocycles. The van der Waals surface area contributed by atoms with Crippen LogP contribution >= 0.6 is 22.7 Å². The molecule has 2 N–H and O–H groups in total. The summed E-state index contributed by atoms with van der Waals surface area (Å²) in [6.07, 6.45) is 3.23.